The first kappa shape index (κ1) is 10.2. The molecule has 76 valence electrons. The molecule has 5 heteroatoms. The number of halogens is 1. The molecule has 0 amide bonds. The van der Waals surface area contributed by atoms with Gasteiger partial charge in [-0.15, -0.1) is 0 Å². The number of aromatic nitrogens is 2. The topological polar surface area (TPSA) is 63.8 Å². The van der Waals surface area contributed by atoms with Crippen molar-refractivity contribution in [2.24, 2.45) is 0 Å². The zero-order valence-corrected chi connectivity index (χ0v) is 9.97. The van der Waals surface area contributed by atoms with Crippen molar-refractivity contribution in [1.29, 1.82) is 0 Å². The van der Waals surface area contributed by atoms with E-state index in [2.05, 4.69) is 37.9 Å². The highest BCUT2D eigenvalue weighted by Gasteiger charge is 2.00. The Balaban J connectivity index is 2.26. The predicted octanol–water partition coefficient (Wildman–Crippen LogP) is 2.41. The van der Waals surface area contributed by atoms with E-state index in [1.54, 1.807) is 6.07 Å². The summed E-state index contributed by atoms with van der Waals surface area (Å²) in [6, 6.07) is 9.66. The van der Waals surface area contributed by atoms with Crippen LogP contribution in [0.25, 0.3) is 0 Å². The minimum atomic E-state index is 0.457. The molecule has 0 radical (unpaired) electrons. The Kier molecular flexibility index (Phi) is 3.00. The maximum atomic E-state index is 5.56. The second-order valence-electron chi connectivity index (χ2n) is 2.93. The zero-order valence-electron chi connectivity index (χ0n) is 7.81. The van der Waals surface area contributed by atoms with Gasteiger partial charge in [0.15, 0.2) is 0 Å². The number of nitrogens with one attached hydrogen (secondary N) is 1. The fourth-order valence-corrected chi connectivity index (χ4v) is 1.66. The van der Waals surface area contributed by atoms with E-state index < -0.39 is 0 Å². The molecule has 0 bridgehead atoms. The van der Waals surface area contributed by atoms with E-state index >= 15 is 0 Å². The molecule has 1 aromatic carbocycles. The molecular formula is C10H9IN4. The molecule has 3 N–H and O–H groups in total. The molecule has 0 fully saturated rings. The molecule has 0 aliphatic carbocycles. The van der Waals surface area contributed by atoms with Crippen LogP contribution in [-0.4, -0.2) is 9.97 Å². The lowest BCUT2D eigenvalue weighted by Crippen LogP contribution is -1.98. The average molecular weight is 312 g/mol. The smallest absolute Gasteiger partial charge is 0.135 e. The number of nitrogens with two attached hydrogens (primary N) is 1. The van der Waals surface area contributed by atoms with Crippen molar-refractivity contribution in [1.82, 2.24) is 9.97 Å². The summed E-state index contributed by atoms with van der Waals surface area (Å²) in [5, 5.41) is 3.17. The van der Waals surface area contributed by atoms with Crippen molar-refractivity contribution in [3.8, 4) is 0 Å². The zero-order chi connectivity index (χ0) is 10.7. The second kappa shape index (κ2) is 4.43. The summed E-state index contributed by atoms with van der Waals surface area (Å²) in [7, 11) is 0. The summed E-state index contributed by atoms with van der Waals surface area (Å²) < 4.78 is 1.13. The van der Waals surface area contributed by atoms with Crippen LogP contribution in [-0.2, 0) is 0 Å². The van der Waals surface area contributed by atoms with E-state index in [9.17, 15) is 0 Å². The first-order chi connectivity index (χ1) is 7.25. The highest BCUT2D eigenvalue weighted by atomic mass is 127. The van der Waals surface area contributed by atoms with Gasteiger partial charge in [-0.2, -0.15) is 0 Å². The number of nitrogens with zero attached hydrogens (tertiary/aromatic N) is 2. The molecule has 0 spiro atoms. The number of benzene rings is 1. The monoisotopic (exact) mass is 312 g/mol. The summed E-state index contributed by atoms with van der Waals surface area (Å²) in [5.74, 6) is 1.16. The normalized spacial score (nSPS) is 9.93. The van der Waals surface area contributed by atoms with Gasteiger partial charge in [-0.3, -0.25) is 0 Å². The fourth-order valence-electron chi connectivity index (χ4n) is 1.14. The Bertz CT molecular complexity index is 472. The van der Waals surface area contributed by atoms with Gasteiger partial charge in [0.25, 0.3) is 0 Å². The van der Waals surface area contributed by atoms with Gasteiger partial charge in [-0.25, -0.2) is 9.97 Å². The van der Waals surface area contributed by atoms with Gasteiger partial charge in [-0.1, -0.05) is 12.1 Å². The summed E-state index contributed by atoms with van der Waals surface area (Å²) in [6.07, 6.45) is 1.44. The van der Waals surface area contributed by atoms with E-state index in [0.29, 0.717) is 11.6 Å². The summed E-state index contributed by atoms with van der Waals surface area (Å²) in [4.78, 5) is 7.90. The van der Waals surface area contributed by atoms with Crippen LogP contribution < -0.4 is 11.1 Å². The van der Waals surface area contributed by atoms with Crippen molar-refractivity contribution in [2.45, 2.75) is 0 Å². The van der Waals surface area contributed by atoms with E-state index in [-0.39, 0.29) is 0 Å². The lowest BCUT2D eigenvalue weighted by atomic mass is 10.3. The van der Waals surface area contributed by atoms with Crippen molar-refractivity contribution >= 4 is 39.9 Å². The summed E-state index contributed by atoms with van der Waals surface area (Å²) in [5.41, 5.74) is 6.57. The third-order valence-electron chi connectivity index (χ3n) is 1.82. The van der Waals surface area contributed by atoms with Crippen LogP contribution >= 0.6 is 22.6 Å². The van der Waals surface area contributed by atoms with Crippen LogP contribution in [0.3, 0.4) is 0 Å². The SMILES string of the molecule is Nc1cc(Nc2ccccc2I)ncn1. The van der Waals surface area contributed by atoms with Crippen LogP contribution in [0.4, 0.5) is 17.3 Å². The van der Waals surface area contributed by atoms with E-state index in [0.717, 1.165) is 9.26 Å². The number of para-hydroxylation sites is 1. The first-order valence-corrected chi connectivity index (χ1v) is 5.42. The molecule has 0 saturated heterocycles. The number of anilines is 3. The van der Waals surface area contributed by atoms with Crippen molar-refractivity contribution in [3.63, 3.8) is 0 Å². The van der Waals surface area contributed by atoms with E-state index in [1.807, 2.05) is 24.3 Å². The molecule has 2 aromatic rings. The Morgan fingerprint density at radius 2 is 2.00 bits per heavy atom. The molecular weight excluding hydrogens is 303 g/mol. The van der Waals surface area contributed by atoms with E-state index in [4.69, 9.17) is 5.73 Å². The number of rotatable bonds is 2. The minimum absolute atomic E-state index is 0.457. The quantitative estimate of drug-likeness (QED) is 0.836. The van der Waals surface area contributed by atoms with Crippen LogP contribution in [0.5, 0.6) is 0 Å². The Labute approximate surface area is 101 Å². The maximum Gasteiger partial charge on any atom is 0.135 e. The molecule has 15 heavy (non-hydrogen) atoms. The molecule has 1 heterocycles. The predicted molar refractivity (Wildman–Crippen MR) is 68.9 cm³/mol. The maximum absolute atomic E-state index is 5.56. The molecule has 1 aromatic heterocycles. The molecule has 2 rings (SSSR count). The Morgan fingerprint density at radius 1 is 1.20 bits per heavy atom. The largest absolute Gasteiger partial charge is 0.384 e. The third kappa shape index (κ3) is 2.56. The molecule has 0 saturated carbocycles. The van der Waals surface area contributed by atoms with Gasteiger partial charge in [0, 0.05) is 9.64 Å². The van der Waals surface area contributed by atoms with Gasteiger partial charge in [0.05, 0.1) is 5.69 Å². The highest BCUT2D eigenvalue weighted by molar-refractivity contribution is 14.1. The summed E-state index contributed by atoms with van der Waals surface area (Å²) in [6.45, 7) is 0. The molecule has 0 unspecified atom stereocenters. The van der Waals surface area contributed by atoms with Crippen molar-refractivity contribution in [3.05, 3.63) is 40.2 Å². The first-order valence-electron chi connectivity index (χ1n) is 4.35. The van der Waals surface area contributed by atoms with Crippen LogP contribution in [0.2, 0.25) is 0 Å². The van der Waals surface area contributed by atoms with Crippen LogP contribution in [0.15, 0.2) is 36.7 Å². The Hall–Kier alpha value is -1.37. The van der Waals surface area contributed by atoms with Gasteiger partial charge in [0.1, 0.15) is 18.0 Å². The van der Waals surface area contributed by atoms with Crippen LogP contribution in [0, 0.1) is 3.57 Å². The molecule has 0 aliphatic heterocycles. The van der Waals surface area contributed by atoms with Gasteiger partial charge >= 0.3 is 0 Å². The lowest BCUT2D eigenvalue weighted by molar-refractivity contribution is 1.17. The third-order valence-corrected chi connectivity index (χ3v) is 2.77. The number of hydrogen-bond donors (Lipinski definition) is 2. The summed E-state index contributed by atoms with van der Waals surface area (Å²) >= 11 is 2.26. The van der Waals surface area contributed by atoms with Gasteiger partial charge in [-0.05, 0) is 34.7 Å². The molecule has 4 nitrogen and oxygen atoms in total. The molecule has 0 aliphatic rings. The minimum Gasteiger partial charge on any atom is -0.384 e. The van der Waals surface area contributed by atoms with Gasteiger partial charge in [0.2, 0.25) is 0 Å². The number of nitrogen functional groups attached to an aromatic ring is 1. The molecule has 0 atom stereocenters. The second-order valence-corrected chi connectivity index (χ2v) is 4.10. The fraction of sp³-hybridized carbons (Fsp3) is 0. The van der Waals surface area contributed by atoms with Crippen molar-refractivity contribution in [2.75, 3.05) is 11.1 Å². The highest BCUT2D eigenvalue weighted by Crippen LogP contribution is 2.21. The standard InChI is InChI=1S/C10H9IN4/c11-7-3-1-2-4-8(7)15-10-5-9(12)13-6-14-10/h1-6H,(H3,12,13,14,15). The lowest BCUT2D eigenvalue weighted by Gasteiger charge is -2.07. The number of hydrogen-bond acceptors (Lipinski definition) is 4. The van der Waals surface area contributed by atoms with E-state index in [1.165, 1.54) is 6.33 Å². The van der Waals surface area contributed by atoms with Crippen LogP contribution in [0.1, 0.15) is 0 Å². The van der Waals surface area contributed by atoms with Gasteiger partial charge < -0.3 is 11.1 Å². The Morgan fingerprint density at radius 3 is 2.73 bits per heavy atom. The van der Waals surface area contributed by atoms with Crippen molar-refractivity contribution < 1.29 is 0 Å². The average Bonchev–Trinajstić information content (AvgIpc) is 2.22.